The van der Waals surface area contributed by atoms with E-state index in [1.165, 1.54) is 72.3 Å². The monoisotopic (exact) mass is 941 g/mol. The summed E-state index contributed by atoms with van der Waals surface area (Å²) in [7, 11) is 0. The third-order valence-corrected chi connectivity index (χ3v) is 15.4. The van der Waals surface area contributed by atoms with Crippen LogP contribution in [0.2, 0.25) is 0 Å². The lowest BCUT2D eigenvalue weighted by Crippen LogP contribution is -2.29. The van der Waals surface area contributed by atoms with Crippen LogP contribution in [0.1, 0.15) is 22.3 Å². The molecule has 0 unspecified atom stereocenters. The second-order valence-corrected chi connectivity index (χ2v) is 19.4. The highest BCUT2D eigenvalue weighted by Gasteiger charge is 2.49. The maximum absolute atomic E-state index is 6.42. The molecule has 11 aromatic carbocycles. The molecular formula is C70H43N3O. The minimum atomic E-state index is -0.589. The third-order valence-electron chi connectivity index (χ3n) is 15.4. The van der Waals surface area contributed by atoms with Crippen LogP contribution in [0, 0.1) is 0 Å². The second kappa shape index (κ2) is 16.7. The van der Waals surface area contributed by atoms with Crippen molar-refractivity contribution in [3.05, 3.63) is 283 Å². The van der Waals surface area contributed by atoms with Gasteiger partial charge in [0.25, 0.3) is 0 Å². The fraction of sp³-hybridized carbons (Fsp3) is 0.0143. The van der Waals surface area contributed by atoms with Gasteiger partial charge in [0.05, 0.1) is 5.41 Å². The molecule has 0 amide bonds. The molecule has 2 aromatic heterocycles. The summed E-state index contributed by atoms with van der Waals surface area (Å²) in [5.41, 5.74) is 23.0. The van der Waals surface area contributed by atoms with Crippen molar-refractivity contribution < 1.29 is 4.42 Å². The van der Waals surface area contributed by atoms with Crippen molar-refractivity contribution in [1.82, 2.24) is 15.0 Å². The standard InChI is InChI=1S/C70H43N3O/c1-3-18-44(19-4-1)49-40-50(45-20-5-2-6-21-45)42-51(41-49)46-34-36-47(37-35-46)67-71-68(73-69(72-67)58-28-17-33-65-66(58)57-27-12-16-32-64(57)74-65)48-38-39-63-59(43-48)56-26-11-15-31-62(56)70(63)60-29-13-9-24-54(60)52-22-7-8-23-53(52)55-25-10-14-30-61(55)70/h1-43H. The van der Waals surface area contributed by atoms with E-state index in [0.717, 1.165) is 55.3 Å². The quantitative estimate of drug-likeness (QED) is 0.167. The number of rotatable bonds is 6. The van der Waals surface area contributed by atoms with Gasteiger partial charge in [0.15, 0.2) is 17.5 Å². The Balaban J connectivity index is 0.920. The zero-order valence-electron chi connectivity index (χ0n) is 40.1. The van der Waals surface area contributed by atoms with Gasteiger partial charge in [-0.05, 0) is 125 Å². The van der Waals surface area contributed by atoms with E-state index in [1.807, 2.05) is 24.3 Å². The first-order valence-electron chi connectivity index (χ1n) is 25.2. The van der Waals surface area contributed by atoms with E-state index < -0.39 is 5.41 Å². The molecule has 344 valence electrons. The van der Waals surface area contributed by atoms with Crippen molar-refractivity contribution in [3.8, 4) is 101 Å². The van der Waals surface area contributed by atoms with E-state index in [1.54, 1.807) is 0 Å². The average Bonchev–Trinajstić information content (AvgIpc) is 4.03. The molecule has 0 radical (unpaired) electrons. The number of fused-ring (bicyclic) bond motifs is 15. The highest BCUT2D eigenvalue weighted by Crippen LogP contribution is 2.61. The Morgan fingerprint density at radius 3 is 1.24 bits per heavy atom. The first kappa shape index (κ1) is 42.0. The summed E-state index contributed by atoms with van der Waals surface area (Å²) in [6.07, 6.45) is 0. The molecule has 2 aliphatic rings. The Hall–Kier alpha value is -9.77. The number of furan rings is 1. The van der Waals surface area contributed by atoms with E-state index in [9.17, 15) is 0 Å². The van der Waals surface area contributed by atoms with Gasteiger partial charge in [-0.1, -0.05) is 224 Å². The van der Waals surface area contributed by atoms with Crippen LogP contribution in [-0.4, -0.2) is 15.0 Å². The number of hydrogen-bond acceptors (Lipinski definition) is 4. The van der Waals surface area contributed by atoms with E-state index in [0.29, 0.717) is 17.5 Å². The van der Waals surface area contributed by atoms with Crippen LogP contribution in [0.3, 0.4) is 0 Å². The van der Waals surface area contributed by atoms with E-state index in [4.69, 9.17) is 19.4 Å². The topological polar surface area (TPSA) is 51.8 Å². The summed E-state index contributed by atoms with van der Waals surface area (Å²) < 4.78 is 6.42. The molecule has 0 atom stereocenters. The first-order chi connectivity index (χ1) is 36.7. The Kier molecular flexibility index (Phi) is 9.45. The maximum Gasteiger partial charge on any atom is 0.164 e. The fourth-order valence-corrected chi connectivity index (χ4v) is 12.1. The van der Waals surface area contributed by atoms with E-state index in [-0.39, 0.29) is 0 Å². The van der Waals surface area contributed by atoms with Crippen molar-refractivity contribution in [2.75, 3.05) is 0 Å². The Bertz CT molecular complexity index is 4240. The minimum absolute atomic E-state index is 0.580. The molecule has 1 spiro atoms. The summed E-state index contributed by atoms with van der Waals surface area (Å²) in [5.74, 6) is 1.76. The van der Waals surface area contributed by atoms with Gasteiger partial charge in [-0.3, -0.25) is 0 Å². The number of nitrogens with zero attached hydrogens (tertiary/aromatic N) is 3. The Morgan fingerprint density at radius 2 is 0.649 bits per heavy atom. The van der Waals surface area contributed by atoms with Gasteiger partial charge in [-0.25, -0.2) is 15.0 Å². The lowest BCUT2D eigenvalue weighted by atomic mass is 9.66. The Labute approximate surface area is 428 Å². The lowest BCUT2D eigenvalue weighted by molar-refractivity contribution is 0.669. The van der Waals surface area contributed by atoms with Gasteiger partial charge in [0.2, 0.25) is 0 Å². The van der Waals surface area contributed by atoms with Crippen molar-refractivity contribution in [1.29, 1.82) is 0 Å². The summed E-state index contributed by atoms with van der Waals surface area (Å²) in [6.45, 7) is 0. The number of aromatic nitrogens is 3. The van der Waals surface area contributed by atoms with Crippen molar-refractivity contribution in [2.24, 2.45) is 0 Å². The first-order valence-corrected chi connectivity index (χ1v) is 25.2. The number of hydrogen-bond donors (Lipinski definition) is 0. The molecule has 0 saturated heterocycles. The molecule has 0 fully saturated rings. The molecule has 0 N–H and O–H groups in total. The van der Waals surface area contributed by atoms with Gasteiger partial charge in [0, 0.05) is 27.5 Å². The average molecular weight is 942 g/mol. The molecule has 15 rings (SSSR count). The molecule has 0 aliphatic heterocycles. The van der Waals surface area contributed by atoms with Crippen LogP contribution in [0.25, 0.3) is 123 Å². The van der Waals surface area contributed by atoms with E-state index in [2.05, 4.69) is 237 Å². The van der Waals surface area contributed by atoms with Gasteiger partial charge in [0.1, 0.15) is 11.2 Å². The van der Waals surface area contributed by atoms with Gasteiger partial charge in [-0.2, -0.15) is 0 Å². The molecular weight excluding hydrogens is 899 g/mol. The fourth-order valence-electron chi connectivity index (χ4n) is 12.1. The lowest BCUT2D eigenvalue weighted by Gasteiger charge is -2.35. The van der Waals surface area contributed by atoms with Crippen LogP contribution >= 0.6 is 0 Å². The van der Waals surface area contributed by atoms with Crippen LogP contribution in [-0.2, 0) is 5.41 Å². The largest absolute Gasteiger partial charge is 0.456 e. The van der Waals surface area contributed by atoms with Crippen molar-refractivity contribution in [3.63, 3.8) is 0 Å². The third kappa shape index (κ3) is 6.45. The predicted octanol–water partition coefficient (Wildman–Crippen LogP) is 17.8. The van der Waals surface area contributed by atoms with Crippen LogP contribution in [0.15, 0.2) is 265 Å². The molecule has 4 heteroatoms. The molecule has 74 heavy (non-hydrogen) atoms. The summed E-state index contributed by atoms with van der Waals surface area (Å²) in [6, 6.07) is 93.8. The summed E-state index contributed by atoms with van der Waals surface area (Å²) in [5, 5.41) is 2.00. The molecule has 0 saturated carbocycles. The molecule has 4 nitrogen and oxygen atoms in total. The highest BCUT2D eigenvalue weighted by molar-refractivity contribution is 6.12. The maximum atomic E-state index is 6.42. The SMILES string of the molecule is c1ccc(-c2cc(-c3ccccc3)cc(-c3ccc(-c4nc(-c5ccc6c(c5)-c5ccccc5C65c6ccccc6-c6ccccc6-c6ccccc65)nc(-c5cccc6oc7ccccc7c56)n4)cc3)c2)cc1. The predicted molar refractivity (Wildman–Crippen MR) is 301 cm³/mol. The summed E-state index contributed by atoms with van der Waals surface area (Å²) >= 11 is 0. The normalized spacial score (nSPS) is 12.7. The smallest absolute Gasteiger partial charge is 0.164 e. The van der Waals surface area contributed by atoms with Gasteiger partial charge in [-0.15, -0.1) is 0 Å². The van der Waals surface area contributed by atoms with Crippen LogP contribution in [0.4, 0.5) is 0 Å². The van der Waals surface area contributed by atoms with E-state index >= 15 is 0 Å². The number of benzene rings is 11. The highest BCUT2D eigenvalue weighted by atomic mass is 16.3. The molecule has 13 aromatic rings. The Morgan fingerprint density at radius 1 is 0.243 bits per heavy atom. The number of para-hydroxylation sites is 1. The minimum Gasteiger partial charge on any atom is -0.456 e. The zero-order valence-corrected chi connectivity index (χ0v) is 40.1. The van der Waals surface area contributed by atoms with Gasteiger partial charge >= 0.3 is 0 Å². The van der Waals surface area contributed by atoms with Crippen molar-refractivity contribution in [2.45, 2.75) is 5.41 Å². The van der Waals surface area contributed by atoms with Crippen LogP contribution < -0.4 is 0 Å². The molecule has 0 bridgehead atoms. The molecule has 2 aliphatic carbocycles. The zero-order chi connectivity index (χ0) is 48.7. The second-order valence-electron chi connectivity index (χ2n) is 19.4. The van der Waals surface area contributed by atoms with Crippen molar-refractivity contribution >= 4 is 21.9 Å². The van der Waals surface area contributed by atoms with Gasteiger partial charge < -0.3 is 4.42 Å². The van der Waals surface area contributed by atoms with Crippen LogP contribution in [0.5, 0.6) is 0 Å². The molecule has 2 heterocycles. The summed E-state index contributed by atoms with van der Waals surface area (Å²) in [4.78, 5) is 16.1.